The molecule has 0 bridgehead atoms. The number of rotatable bonds is 3. The third kappa shape index (κ3) is 3.19. The average molecular weight is 326 g/mol. The number of alkyl carbamates (subject to hydrolysis) is 1. The van der Waals surface area contributed by atoms with Crippen molar-refractivity contribution in [2.24, 2.45) is 0 Å². The summed E-state index contributed by atoms with van der Waals surface area (Å²) in [5.41, 5.74) is 2.70. The summed E-state index contributed by atoms with van der Waals surface area (Å²) in [4.78, 5) is 34.3. The molecule has 2 aromatic rings. The zero-order chi connectivity index (χ0) is 17.1. The molecule has 1 aromatic carbocycles. The Balaban J connectivity index is 1.73. The van der Waals surface area contributed by atoms with Crippen LogP contribution in [0.15, 0.2) is 36.5 Å². The van der Waals surface area contributed by atoms with Crippen molar-refractivity contribution < 1.29 is 14.3 Å². The molecule has 7 nitrogen and oxygen atoms in total. The molecule has 0 saturated heterocycles. The van der Waals surface area contributed by atoms with Crippen LogP contribution in [-0.4, -0.2) is 40.0 Å². The second-order valence-electron chi connectivity index (χ2n) is 5.58. The van der Waals surface area contributed by atoms with E-state index in [0.717, 1.165) is 16.8 Å². The molecule has 2 amide bonds. The maximum absolute atomic E-state index is 12.4. The van der Waals surface area contributed by atoms with Gasteiger partial charge in [0.15, 0.2) is 5.82 Å². The van der Waals surface area contributed by atoms with E-state index in [1.165, 1.54) is 7.11 Å². The smallest absolute Gasteiger partial charge is 0.407 e. The molecule has 0 radical (unpaired) electrons. The zero-order valence-corrected chi connectivity index (χ0v) is 13.5. The normalized spacial score (nSPS) is 14.0. The number of carbonyl (C=O) groups is 2. The Morgan fingerprint density at radius 1 is 1.25 bits per heavy atom. The molecule has 24 heavy (non-hydrogen) atoms. The molecule has 7 heteroatoms. The fourth-order valence-electron chi connectivity index (χ4n) is 2.61. The molecule has 0 spiro atoms. The lowest BCUT2D eigenvalue weighted by Crippen LogP contribution is -2.45. The summed E-state index contributed by atoms with van der Waals surface area (Å²) in [7, 11) is 1.26. The lowest BCUT2D eigenvalue weighted by atomic mass is 10.2. The number of benzene rings is 1. The second kappa shape index (κ2) is 6.66. The molecule has 2 heterocycles. The van der Waals surface area contributed by atoms with Gasteiger partial charge in [-0.25, -0.2) is 14.8 Å². The molecule has 1 aliphatic rings. The minimum absolute atomic E-state index is 0.181. The first-order valence-electron chi connectivity index (χ1n) is 7.62. The topological polar surface area (TPSA) is 84.4 Å². The van der Waals surface area contributed by atoms with Crippen LogP contribution in [0.2, 0.25) is 0 Å². The number of nitrogens with one attached hydrogen (secondary N) is 1. The van der Waals surface area contributed by atoms with Gasteiger partial charge in [-0.05, 0) is 6.92 Å². The highest BCUT2D eigenvalue weighted by molar-refractivity contribution is 5.85. The lowest BCUT2D eigenvalue weighted by molar-refractivity contribution is -0.133. The molecule has 0 saturated carbocycles. The van der Waals surface area contributed by atoms with Crippen molar-refractivity contribution in [1.82, 2.24) is 20.2 Å². The molecule has 3 rings (SSSR count). The summed E-state index contributed by atoms with van der Waals surface area (Å²) in [5, 5.41) is 2.48. The Bertz CT molecular complexity index is 764. The van der Waals surface area contributed by atoms with Gasteiger partial charge < -0.3 is 15.0 Å². The quantitative estimate of drug-likeness (QED) is 0.928. The van der Waals surface area contributed by atoms with Gasteiger partial charge in [0.25, 0.3) is 0 Å². The number of aromatic nitrogens is 2. The van der Waals surface area contributed by atoms with E-state index in [4.69, 9.17) is 0 Å². The van der Waals surface area contributed by atoms with Crippen LogP contribution in [0.3, 0.4) is 0 Å². The van der Waals surface area contributed by atoms with Gasteiger partial charge in [-0.15, -0.1) is 0 Å². The van der Waals surface area contributed by atoms with Crippen molar-refractivity contribution >= 4 is 12.0 Å². The van der Waals surface area contributed by atoms with Crippen LogP contribution < -0.4 is 5.32 Å². The monoisotopic (exact) mass is 326 g/mol. The van der Waals surface area contributed by atoms with Crippen LogP contribution in [-0.2, 0) is 22.6 Å². The predicted octanol–water partition coefficient (Wildman–Crippen LogP) is 1.73. The molecular weight excluding hydrogens is 308 g/mol. The highest BCUT2D eigenvalue weighted by Gasteiger charge is 2.29. The summed E-state index contributed by atoms with van der Waals surface area (Å²) in [5.74, 6) is 0.462. The summed E-state index contributed by atoms with van der Waals surface area (Å²) in [6, 6.07) is 9.04. The number of nitrogens with zero attached hydrogens (tertiary/aromatic N) is 3. The number of hydrogen-bond acceptors (Lipinski definition) is 5. The predicted molar refractivity (Wildman–Crippen MR) is 86.7 cm³/mol. The van der Waals surface area contributed by atoms with Crippen LogP contribution in [0.1, 0.15) is 18.2 Å². The Morgan fingerprint density at radius 3 is 2.71 bits per heavy atom. The van der Waals surface area contributed by atoms with E-state index < -0.39 is 12.1 Å². The molecule has 0 fully saturated rings. The van der Waals surface area contributed by atoms with E-state index in [1.54, 1.807) is 18.0 Å². The number of hydrogen-bond donors (Lipinski definition) is 1. The van der Waals surface area contributed by atoms with Crippen LogP contribution in [0.25, 0.3) is 11.4 Å². The van der Waals surface area contributed by atoms with Crippen molar-refractivity contribution in [3.05, 3.63) is 47.8 Å². The van der Waals surface area contributed by atoms with E-state index in [0.29, 0.717) is 18.9 Å². The maximum atomic E-state index is 12.4. The molecular formula is C17H18N4O3. The summed E-state index contributed by atoms with van der Waals surface area (Å²) in [6.07, 6.45) is 1.13. The Hall–Kier alpha value is -2.96. The molecule has 1 aromatic heterocycles. The van der Waals surface area contributed by atoms with Gasteiger partial charge in [-0.3, -0.25) is 4.79 Å². The number of carbonyl (C=O) groups excluding carboxylic acids is 2. The van der Waals surface area contributed by atoms with Crippen molar-refractivity contribution in [2.75, 3.05) is 7.11 Å². The van der Waals surface area contributed by atoms with E-state index in [-0.39, 0.29) is 5.91 Å². The van der Waals surface area contributed by atoms with E-state index in [9.17, 15) is 9.59 Å². The van der Waals surface area contributed by atoms with Crippen molar-refractivity contribution in [3.8, 4) is 11.4 Å². The first-order chi connectivity index (χ1) is 11.6. The Morgan fingerprint density at radius 2 is 2.00 bits per heavy atom. The largest absolute Gasteiger partial charge is 0.453 e. The highest BCUT2D eigenvalue weighted by Crippen LogP contribution is 2.24. The van der Waals surface area contributed by atoms with Crippen LogP contribution >= 0.6 is 0 Å². The number of amides is 2. The molecule has 1 unspecified atom stereocenters. The van der Waals surface area contributed by atoms with Crippen molar-refractivity contribution in [2.45, 2.75) is 26.1 Å². The van der Waals surface area contributed by atoms with Gasteiger partial charge in [0.05, 0.1) is 19.3 Å². The van der Waals surface area contributed by atoms with E-state index >= 15 is 0 Å². The van der Waals surface area contributed by atoms with E-state index in [1.807, 2.05) is 30.3 Å². The summed E-state index contributed by atoms with van der Waals surface area (Å²) < 4.78 is 4.52. The van der Waals surface area contributed by atoms with Gasteiger partial charge in [0.1, 0.15) is 6.04 Å². The van der Waals surface area contributed by atoms with E-state index in [2.05, 4.69) is 20.0 Å². The third-order valence-electron chi connectivity index (χ3n) is 3.89. The van der Waals surface area contributed by atoms with Crippen LogP contribution in [0.4, 0.5) is 4.79 Å². The number of fused-ring (bicyclic) bond motifs is 1. The van der Waals surface area contributed by atoms with Gasteiger partial charge >= 0.3 is 6.09 Å². The van der Waals surface area contributed by atoms with Crippen LogP contribution in [0, 0.1) is 0 Å². The van der Waals surface area contributed by atoms with Crippen molar-refractivity contribution in [1.29, 1.82) is 0 Å². The molecule has 1 atom stereocenters. The zero-order valence-electron chi connectivity index (χ0n) is 13.5. The number of methoxy groups -OCH3 is 1. The van der Waals surface area contributed by atoms with Gasteiger partial charge in [0, 0.05) is 23.9 Å². The lowest BCUT2D eigenvalue weighted by Gasteiger charge is -2.20. The summed E-state index contributed by atoms with van der Waals surface area (Å²) >= 11 is 0. The molecule has 1 N–H and O–H groups in total. The first kappa shape index (κ1) is 15.9. The van der Waals surface area contributed by atoms with Gasteiger partial charge in [0.2, 0.25) is 5.91 Å². The highest BCUT2D eigenvalue weighted by atomic mass is 16.5. The van der Waals surface area contributed by atoms with Crippen LogP contribution in [0.5, 0.6) is 0 Å². The van der Waals surface area contributed by atoms with Crippen molar-refractivity contribution in [3.63, 3.8) is 0 Å². The Labute approximate surface area is 139 Å². The Kier molecular flexibility index (Phi) is 4.41. The molecule has 0 aliphatic carbocycles. The number of ether oxygens (including phenoxy) is 1. The minimum atomic E-state index is -0.659. The standard InChI is InChI=1S/C17H18N4O3/c1-11(19-17(23)24-2)16(22)21-9-13-8-18-15(20-14(13)10-21)12-6-4-3-5-7-12/h3-8,11H,9-10H2,1-2H3,(H,19,23). The molecule has 124 valence electrons. The SMILES string of the molecule is COC(=O)NC(C)C(=O)N1Cc2cnc(-c3ccccc3)nc2C1. The fraction of sp³-hybridized carbons (Fsp3) is 0.294. The average Bonchev–Trinajstić information content (AvgIpc) is 3.04. The summed E-state index contributed by atoms with van der Waals surface area (Å²) in [6.45, 7) is 2.48. The third-order valence-corrected chi connectivity index (χ3v) is 3.89. The fourth-order valence-corrected chi connectivity index (χ4v) is 2.61. The molecule has 1 aliphatic heterocycles. The maximum Gasteiger partial charge on any atom is 0.407 e. The van der Waals surface area contributed by atoms with Gasteiger partial charge in [-0.2, -0.15) is 0 Å². The first-order valence-corrected chi connectivity index (χ1v) is 7.62. The second-order valence-corrected chi connectivity index (χ2v) is 5.58. The minimum Gasteiger partial charge on any atom is -0.453 e. The van der Waals surface area contributed by atoms with Gasteiger partial charge in [-0.1, -0.05) is 30.3 Å².